The highest BCUT2D eigenvalue weighted by molar-refractivity contribution is 8.21. The Morgan fingerprint density at radius 1 is 1.38 bits per heavy atom. The summed E-state index contributed by atoms with van der Waals surface area (Å²) in [5.41, 5.74) is 0. The van der Waals surface area contributed by atoms with E-state index >= 15 is 0 Å². The van der Waals surface area contributed by atoms with Crippen molar-refractivity contribution in [2.24, 2.45) is 0 Å². The van der Waals surface area contributed by atoms with Gasteiger partial charge in [-0.25, -0.2) is 0 Å². The highest BCUT2D eigenvalue weighted by Crippen LogP contribution is 2.39. The number of halogens is 1. The van der Waals surface area contributed by atoms with Gasteiger partial charge in [0.1, 0.15) is 16.4 Å². The Hall–Kier alpha value is -0.540. The standard InChI is InChI=1S/C9H11ClO2S/c1-3-12-8-6-4-5-7(11-2)9(8)13-10/h4-6H,3H2,1-2H3. The van der Waals surface area contributed by atoms with Gasteiger partial charge in [0, 0.05) is 0 Å². The monoisotopic (exact) mass is 218 g/mol. The van der Waals surface area contributed by atoms with Gasteiger partial charge in [-0.2, -0.15) is 0 Å². The molecular formula is C9H11ClO2S. The number of hydrogen-bond donors (Lipinski definition) is 0. The molecule has 0 aliphatic rings. The molecule has 0 heterocycles. The van der Waals surface area contributed by atoms with Gasteiger partial charge in [-0.3, -0.25) is 0 Å². The highest BCUT2D eigenvalue weighted by Gasteiger charge is 2.09. The molecule has 13 heavy (non-hydrogen) atoms. The van der Waals surface area contributed by atoms with Crippen molar-refractivity contribution in [3.8, 4) is 11.5 Å². The third-order valence-electron chi connectivity index (χ3n) is 1.54. The van der Waals surface area contributed by atoms with Crippen LogP contribution in [0.25, 0.3) is 0 Å². The first-order valence-corrected chi connectivity index (χ1v) is 5.56. The molecular weight excluding hydrogens is 208 g/mol. The van der Waals surface area contributed by atoms with E-state index in [0.717, 1.165) is 27.4 Å². The predicted molar refractivity (Wildman–Crippen MR) is 55.9 cm³/mol. The lowest BCUT2D eigenvalue weighted by Gasteiger charge is -2.10. The summed E-state index contributed by atoms with van der Waals surface area (Å²) in [5.74, 6) is 1.51. The van der Waals surface area contributed by atoms with E-state index in [-0.39, 0.29) is 0 Å². The molecule has 0 aliphatic heterocycles. The second-order valence-corrected chi connectivity index (χ2v) is 3.32. The zero-order valence-corrected chi connectivity index (χ0v) is 9.11. The maximum absolute atomic E-state index is 5.71. The van der Waals surface area contributed by atoms with Crippen molar-refractivity contribution in [3.05, 3.63) is 18.2 Å². The van der Waals surface area contributed by atoms with Crippen LogP contribution in [-0.2, 0) is 0 Å². The van der Waals surface area contributed by atoms with Crippen molar-refractivity contribution in [1.29, 1.82) is 0 Å². The molecule has 0 fully saturated rings. The zero-order chi connectivity index (χ0) is 9.68. The maximum Gasteiger partial charge on any atom is 0.137 e. The van der Waals surface area contributed by atoms with E-state index in [1.54, 1.807) is 7.11 Å². The number of methoxy groups -OCH3 is 1. The van der Waals surface area contributed by atoms with Crippen LogP contribution in [0.3, 0.4) is 0 Å². The van der Waals surface area contributed by atoms with Gasteiger partial charge < -0.3 is 9.47 Å². The number of hydrogen-bond acceptors (Lipinski definition) is 3. The van der Waals surface area contributed by atoms with Crippen molar-refractivity contribution in [2.45, 2.75) is 11.8 Å². The van der Waals surface area contributed by atoms with Gasteiger partial charge in [-0.1, -0.05) is 6.07 Å². The molecule has 0 aromatic heterocycles. The van der Waals surface area contributed by atoms with E-state index in [2.05, 4.69) is 0 Å². The van der Waals surface area contributed by atoms with Gasteiger partial charge in [0.15, 0.2) is 0 Å². The summed E-state index contributed by atoms with van der Waals surface area (Å²) in [6.07, 6.45) is 0. The summed E-state index contributed by atoms with van der Waals surface area (Å²) < 4.78 is 10.5. The van der Waals surface area contributed by atoms with Crippen LogP contribution in [0.5, 0.6) is 11.5 Å². The van der Waals surface area contributed by atoms with Crippen LogP contribution in [0.4, 0.5) is 0 Å². The summed E-state index contributed by atoms with van der Waals surface area (Å²) in [4.78, 5) is 0.827. The first kappa shape index (κ1) is 10.5. The lowest BCUT2D eigenvalue weighted by Crippen LogP contribution is -1.94. The first-order chi connectivity index (χ1) is 6.33. The molecule has 0 N–H and O–H groups in total. The molecule has 0 unspecified atom stereocenters. The minimum atomic E-state index is 0.623. The molecule has 72 valence electrons. The second-order valence-electron chi connectivity index (χ2n) is 2.30. The molecule has 0 saturated heterocycles. The summed E-state index contributed by atoms with van der Waals surface area (Å²) in [5, 5.41) is 0. The minimum Gasteiger partial charge on any atom is -0.495 e. The van der Waals surface area contributed by atoms with E-state index in [1.807, 2.05) is 25.1 Å². The molecule has 0 aliphatic carbocycles. The molecule has 1 aromatic carbocycles. The molecule has 2 nitrogen and oxygen atoms in total. The minimum absolute atomic E-state index is 0.623. The highest BCUT2D eigenvalue weighted by atomic mass is 35.7. The van der Waals surface area contributed by atoms with Crippen LogP contribution in [0, 0.1) is 0 Å². The van der Waals surface area contributed by atoms with Gasteiger partial charge in [0.2, 0.25) is 0 Å². The zero-order valence-electron chi connectivity index (χ0n) is 7.54. The molecule has 0 bridgehead atoms. The van der Waals surface area contributed by atoms with Crippen molar-refractivity contribution in [3.63, 3.8) is 0 Å². The second kappa shape index (κ2) is 5.25. The van der Waals surface area contributed by atoms with E-state index in [4.69, 9.17) is 20.2 Å². The van der Waals surface area contributed by atoms with Crippen LogP contribution in [0.1, 0.15) is 6.92 Å². The van der Waals surface area contributed by atoms with E-state index < -0.39 is 0 Å². The molecule has 0 saturated carbocycles. The van der Waals surface area contributed by atoms with Gasteiger partial charge in [0.05, 0.1) is 13.7 Å². The number of benzene rings is 1. The molecule has 4 heteroatoms. The SMILES string of the molecule is CCOc1cccc(OC)c1SCl. The largest absolute Gasteiger partial charge is 0.495 e. The van der Waals surface area contributed by atoms with E-state index in [0.29, 0.717) is 6.61 Å². The summed E-state index contributed by atoms with van der Waals surface area (Å²) in [6, 6.07) is 5.60. The van der Waals surface area contributed by atoms with Crippen LogP contribution in [0.2, 0.25) is 0 Å². The van der Waals surface area contributed by atoms with Gasteiger partial charge in [-0.05, 0) is 40.7 Å². The Labute approximate surface area is 86.7 Å². The van der Waals surface area contributed by atoms with Gasteiger partial charge >= 0.3 is 0 Å². The van der Waals surface area contributed by atoms with Crippen molar-refractivity contribution in [2.75, 3.05) is 13.7 Å². The third kappa shape index (κ3) is 2.45. The Bertz CT molecular complexity index is 278. The average Bonchev–Trinajstić information content (AvgIpc) is 2.18. The summed E-state index contributed by atoms with van der Waals surface area (Å²) in [7, 11) is 8.43. The van der Waals surface area contributed by atoms with Gasteiger partial charge in [0.25, 0.3) is 0 Å². The van der Waals surface area contributed by atoms with Crippen molar-refractivity contribution < 1.29 is 9.47 Å². The lowest BCUT2D eigenvalue weighted by molar-refractivity contribution is 0.325. The van der Waals surface area contributed by atoms with Crippen molar-refractivity contribution >= 4 is 21.7 Å². The maximum atomic E-state index is 5.71. The fourth-order valence-electron chi connectivity index (χ4n) is 1.00. The molecule has 1 aromatic rings. The number of ether oxygens (including phenoxy) is 2. The molecule has 0 amide bonds. The molecule has 1 rings (SSSR count). The predicted octanol–water partition coefficient (Wildman–Crippen LogP) is 3.34. The Kier molecular flexibility index (Phi) is 4.25. The van der Waals surface area contributed by atoms with E-state index in [9.17, 15) is 0 Å². The number of rotatable bonds is 4. The normalized spacial score (nSPS) is 9.77. The fraction of sp³-hybridized carbons (Fsp3) is 0.333. The van der Waals surface area contributed by atoms with Crippen molar-refractivity contribution in [1.82, 2.24) is 0 Å². The Balaban J connectivity index is 3.03. The smallest absolute Gasteiger partial charge is 0.137 e. The summed E-state index contributed by atoms with van der Waals surface area (Å²) in [6.45, 7) is 2.56. The first-order valence-electron chi connectivity index (χ1n) is 3.91. The lowest BCUT2D eigenvalue weighted by atomic mass is 10.3. The Morgan fingerprint density at radius 2 is 2.08 bits per heavy atom. The summed E-state index contributed by atoms with van der Waals surface area (Å²) >= 11 is 0. The molecule has 0 atom stereocenters. The molecule has 0 radical (unpaired) electrons. The topological polar surface area (TPSA) is 18.5 Å². The van der Waals surface area contributed by atoms with Crippen LogP contribution in [0.15, 0.2) is 23.1 Å². The average molecular weight is 219 g/mol. The molecule has 0 spiro atoms. The quantitative estimate of drug-likeness (QED) is 0.773. The van der Waals surface area contributed by atoms with Crippen LogP contribution in [-0.4, -0.2) is 13.7 Å². The van der Waals surface area contributed by atoms with Gasteiger partial charge in [-0.15, -0.1) is 0 Å². The van der Waals surface area contributed by atoms with Crippen LogP contribution < -0.4 is 9.47 Å². The fourth-order valence-corrected chi connectivity index (χ4v) is 1.89. The van der Waals surface area contributed by atoms with Crippen LogP contribution >= 0.6 is 21.7 Å². The third-order valence-corrected chi connectivity index (χ3v) is 2.56. The van der Waals surface area contributed by atoms with E-state index in [1.165, 1.54) is 0 Å². The Morgan fingerprint density at radius 3 is 2.62 bits per heavy atom.